The van der Waals surface area contributed by atoms with Crippen LogP contribution in [0.1, 0.15) is 22.6 Å². The molecule has 0 aliphatic rings. The number of rotatable bonds is 3. The lowest BCUT2D eigenvalue weighted by Crippen LogP contribution is -2.21. The van der Waals surface area contributed by atoms with Crippen molar-refractivity contribution in [2.75, 3.05) is 0 Å². The average molecular weight is 289 g/mol. The molecule has 0 spiro atoms. The molecule has 0 N–H and O–H groups in total. The van der Waals surface area contributed by atoms with Crippen LogP contribution < -0.4 is 5.56 Å². The van der Waals surface area contributed by atoms with Crippen molar-refractivity contribution in [1.29, 1.82) is 0 Å². The highest BCUT2D eigenvalue weighted by Crippen LogP contribution is 2.19. The minimum Gasteiger partial charge on any atom is -0.361 e. The second-order valence-electron chi connectivity index (χ2n) is 4.89. The molecule has 0 atom stereocenters. The van der Waals surface area contributed by atoms with Gasteiger partial charge in [-0.15, -0.1) is 11.3 Å². The van der Waals surface area contributed by atoms with E-state index in [1.165, 1.54) is 11.3 Å². The highest BCUT2D eigenvalue weighted by molar-refractivity contribution is 7.17. The summed E-state index contributed by atoms with van der Waals surface area (Å²) in [5.41, 5.74) is 3.85. The van der Waals surface area contributed by atoms with Gasteiger partial charge in [-0.25, -0.2) is 4.98 Å². The molecule has 5 nitrogen and oxygen atoms in total. The minimum atomic E-state index is 0.0276. The van der Waals surface area contributed by atoms with Crippen LogP contribution in [0.25, 0.3) is 10.2 Å². The zero-order valence-corrected chi connectivity index (χ0v) is 12.5. The predicted octanol–water partition coefficient (Wildman–Crippen LogP) is 2.61. The van der Waals surface area contributed by atoms with Crippen molar-refractivity contribution >= 4 is 21.6 Å². The van der Waals surface area contributed by atoms with Gasteiger partial charge in [-0.3, -0.25) is 9.36 Å². The van der Waals surface area contributed by atoms with Crippen LogP contribution in [-0.2, 0) is 13.0 Å². The monoisotopic (exact) mass is 289 g/mol. The zero-order valence-electron chi connectivity index (χ0n) is 11.6. The summed E-state index contributed by atoms with van der Waals surface area (Å²) in [4.78, 5) is 16.7. The van der Waals surface area contributed by atoms with Gasteiger partial charge in [-0.2, -0.15) is 0 Å². The van der Waals surface area contributed by atoms with Gasteiger partial charge in [0.1, 0.15) is 10.5 Å². The summed E-state index contributed by atoms with van der Waals surface area (Å²) >= 11 is 1.46. The molecule has 3 aromatic heterocycles. The SMILES string of the molecule is Cc1noc(C)c1CCn1cnc2c(C)csc2c1=O. The Morgan fingerprint density at radius 3 is 2.85 bits per heavy atom. The lowest BCUT2D eigenvalue weighted by molar-refractivity contribution is 0.392. The minimum absolute atomic E-state index is 0.0276. The van der Waals surface area contributed by atoms with E-state index >= 15 is 0 Å². The van der Waals surface area contributed by atoms with Gasteiger partial charge < -0.3 is 4.52 Å². The maximum absolute atomic E-state index is 12.4. The molecular weight excluding hydrogens is 274 g/mol. The molecule has 0 bridgehead atoms. The summed E-state index contributed by atoms with van der Waals surface area (Å²) in [5.74, 6) is 0.816. The Hall–Kier alpha value is -1.95. The Labute approximate surface area is 119 Å². The highest BCUT2D eigenvalue weighted by Gasteiger charge is 2.11. The van der Waals surface area contributed by atoms with E-state index < -0.39 is 0 Å². The van der Waals surface area contributed by atoms with Gasteiger partial charge in [0.25, 0.3) is 5.56 Å². The van der Waals surface area contributed by atoms with Crippen molar-refractivity contribution in [3.63, 3.8) is 0 Å². The number of aryl methyl sites for hydroxylation is 4. The quantitative estimate of drug-likeness (QED) is 0.743. The lowest BCUT2D eigenvalue weighted by Gasteiger charge is -2.05. The van der Waals surface area contributed by atoms with Gasteiger partial charge >= 0.3 is 0 Å². The molecule has 0 aliphatic carbocycles. The number of hydrogen-bond donors (Lipinski definition) is 0. The molecule has 0 aromatic carbocycles. The Balaban J connectivity index is 1.92. The van der Waals surface area contributed by atoms with Crippen LogP contribution in [-0.4, -0.2) is 14.7 Å². The molecule has 0 saturated heterocycles. The van der Waals surface area contributed by atoms with E-state index in [1.807, 2.05) is 26.2 Å². The highest BCUT2D eigenvalue weighted by atomic mass is 32.1. The maximum atomic E-state index is 12.4. The molecule has 3 aromatic rings. The lowest BCUT2D eigenvalue weighted by atomic mass is 10.1. The van der Waals surface area contributed by atoms with Gasteiger partial charge in [0.05, 0.1) is 17.5 Å². The van der Waals surface area contributed by atoms with Crippen molar-refractivity contribution in [3.05, 3.63) is 44.6 Å². The van der Waals surface area contributed by atoms with Crippen molar-refractivity contribution in [3.8, 4) is 0 Å². The van der Waals surface area contributed by atoms with E-state index in [0.29, 0.717) is 6.54 Å². The van der Waals surface area contributed by atoms with Gasteiger partial charge in [0.2, 0.25) is 0 Å². The molecule has 20 heavy (non-hydrogen) atoms. The van der Waals surface area contributed by atoms with Crippen LogP contribution in [0.3, 0.4) is 0 Å². The Bertz CT molecular complexity index is 809. The third kappa shape index (κ3) is 2.06. The second kappa shape index (κ2) is 4.86. The van der Waals surface area contributed by atoms with E-state index in [-0.39, 0.29) is 5.56 Å². The summed E-state index contributed by atoms with van der Waals surface area (Å²) < 4.78 is 7.52. The normalized spacial score (nSPS) is 11.3. The molecule has 0 unspecified atom stereocenters. The Morgan fingerprint density at radius 1 is 1.35 bits per heavy atom. The first-order chi connectivity index (χ1) is 9.58. The summed E-state index contributed by atoms with van der Waals surface area (Å²) in [6, 6.07) is 0. The summed E-state index contributed by atoms with van der Waals surface area (Å²) in [6.45, 7) is 6.36. The number of nitrogens with zero attached hydrogens (tertiary/aromatic N) is 3. The average Bonchev–Trinajstić information content (AvgIpc) is 2.95. The summed E-state index contributed by atoms with van der Waals surface area (Å²) in [5, 5.41) is 5.90. The topological polar surface area (TPSA) is 60.9 Å². The third-order valence-corrected chi connectivity index (χ3v) is 4.58. The van der Waals surface area contributed by atoms with Gasteiger partial charge in [0.15, 0.2) is 0 Å². The number of fused-ring (bicyclic) bond motifs is 1. The first-order valence-corrected chi connectivity index (χ1v) is 7.31. The van der Waals surface area contributed by atoms with Crippen LogP contribution in [0.2, 0.25) is 0 Å². The van der Waals surface area contributed by atoms with Crippen molar-refractivity contribution in [1.82, 2.24) is 14.7 Å². The van der Waals surface area contributed by atoms with E-state index in [4.69, 9.17) is 4.52 Å². The van der Waals surface area contributed by atoms with Crippen molar-refractivity contribution in [2.24, 2.45) is 0 Å². The molecule has 3 heterocycles. The molecule has 3 rings (SSSR count). The molecule has 0 saturated carbocycles. The number of aromatic nitrogens is 3. The fourth-order valence-electron chi connectivity index (χ4n) is 2.31. The van der Waals surface area contributed by atoms with Crippen molar-refractivity contribution < 1.29 is 4.52 Å². The molecule has 104 valence electrons. The predicted molar refractivity (Wildman–Crippen MR) is 78.3 cm³/mol. The van der Waals surface area contributed by atoms with Gasteiger partial charge in [0, 0.05) is 12.1 Å². The van der Waals surface area contributed by atoms with Crippen LogP contribution in [0.15, 0.2) is 21.0 Å². The Morgan fingerprint density at radius 2 is 2.15 bits per heavy atom. The molecule has 0 amide bonds. The molecule has 6 heteroatoms. The number of thiophene rings is 1. The van der Waals surface area contributed by atoms with E-state index in [9.17, 15) is 4.79 Å². The fourth-order valence-corrected chi connectivity index (χ4v) is 3.26. The van der Waals surface area contributed by atoms with E-state index in [0.717, 1.165) is 39.2 Å². The third-order valence-electron chi connectivity index (χ3n) is 3.51. The van der Waals surface area contributed by atoms with Crippen LogP contribution in [0.5, 0.6) is 0 Å². The summed E-state index contributed by atoms with van der Waals surface area (Å²) in [7, 11) is 0. The largest absolute Gasteiger partial charge is 0.361 e. The smallest absolute Gasteiger partial charge is 0.271 e. The standard InChI is InChI=1S/C14H15N3O2S/c1-8-6-20-13-12(8)15-7-17(14(13)18)5-4-11-9(2)16-19-10(11)3/h6-7H,4-5H2,1-3H3. The first-order valence-electron chi connectivity index (χ1n) is 6.43. The van der Waals surface area contributed by atoms with E-state index in [1.54, 1.807) is 10.9 Å². The Kier molecular flexibility index (Phi) is 3.17. The van der Waals surface area contributed by atoms with Crippen LogP contribution >= 0.6 is 11.3 Å². The van der Waals surface area contributed by atoms with Crippen LogP contribution in [0, 0.1) is 20.8 Å². The van der Waals surface area contributed by atoms with Gasteiger partial charge in [-0.1, -0.05) is 5.16 Å². The molecule has 0 radical (unpaired) electrons. The first kappa shape index (κ1) is 13.1. The molecule has 0 aliphatic heterocycles. The van der Waals surface area contributed by atoms with E-state index in [2.05, 4.69) is 10.1 Å². The van der Waals surface area contributed by atoms with Crippen LogP contribution in [0.4, 0.5) is 0 Å². The molecular formula is C14H15N3O2S. The number of hydrogen-bond acceptors (Lipinski definition) is 5. The zero-order chi connectivity index (χ0) is 14.3. The van der Waals surface area contributed by atoms with Gasteiger partial charge in [-0.05, 0) is 38.1 Å². The molecule has 0 fully saturated rings. The fraction of sp³-hybridized carbons (Fsp3) is 0.357. The maximum Gasteiger partial charge on any atom is 0.271 e. The summed E-state index contributed by atoms with van der Waals surface area (Å²) in [6.07, 6.45) is 2.35. The second-order valence-corrected chi connectivity index (χ2v) is 5.77. The van der Waals surface area contributed by atoms with Crippen molar-refractivity contribution in [2.45, 2.75) is 33.7 Å².